The van der Waals surface area contributed by atoms with Crippen molar-refractivity contribution in [3.63, 3.8) is 0 Å². The molecular formula is C26H20N2O3. The molecule has 5 aromatic rings. The van der Waals surface area contributed by atoms with Crippen molar-refractivity contribution in [2.45, 2.75) is 13.1 Å². The number of fused-ring (bicyclic) bond motifs is 2. The van der Waals surface area contributed by atoms with E-state index in [0.717, 1.165) is 32.9 Å². The Bertz CT molecular complexity index is 1490. The first-order valence-electron chi connectivity index (χ1n) is 10.1. The Morgan fingerprint density at radius 2 is 1.39 bits per heavy atom. The second kappa shape index (κ2) is 7.61. The van der Waals surface area contributed by atoms with Gasteiger partial charge in [-0.05, 0) is 46.2 Å². The van der Waals surface area contributed by atoms with Gasteiger partial charge in [-0.2, -0.15) is 0 Å². The fraction of sp³-hybridized carbons (Fsp3) is 0.0769. The van der Waals surface area contributed by atoms with Crippen LogP contribution in [0.3, 0.4) is 0 Å². The van der Waals surface area contributed by atoms with Gasteiger partial charge in [0, 0.05) is 0 Å². The van der Waals surface area contributed by atoms with E-state index in [4.69, 9.17) is 0 Å². The Labute approximate surface area is 178 Å². The zero-order valence-corrected chi connectivity index (χ0v) is 16.7. The lowest BCUT2D eigenvalue weighted by atomic mass is 10.0. The summed E-state index contributed by atoms with van der Waals surface area (Å²) in [5, 5.41) is 11.6. The molecule has 5 heteroatoms. The van der Waals surface area contributed by atoms with E-state index in [0.29, 0.717) is 13.1 Å². The number of carbonyl (C=O) groups is 1. The number of imidazole rings is 1. The Hall–Kier alpha value is -4.12. The fourth-order valence-corrected chi connectivity index (χ4v) is 4.16. The molecule has 4 aromatic carbocycles. The topological polar surface area (TPSA) is 64.2 Å². The molecule has 152 valence electrons. The Kier molecular flexibility index (Phi) is 4.64. The van der Waals surface area contributed by atoms with Crippen LogP contribution in [0.2, 0.25) is 0 Å². The first-order chi connectivity index (χ1) is 15.1. The molecule has 1 N–H and O–H groups in total. The number of hydrogen-bond donors (Lipinski definition) is 1. The van der Waals surface area contributed by atoms with Gasteiger partial charge in [-0.3, -0.25) is 9.13 Å². The van der Waals surface area contributed by atoms with Gasteiger partial charge in [0.25, 0.3) is 0 Å². The van der Waals surface area contributed by atoms with Gasteiger partial charge in [0.2, 0.25) is 0 Å². The van der Waals surface area contributed by atoms with Gasteiger partial charge in [0.1, 0.15) is 0 Å². The summed E-state index contributed by atoms with van der Waals surface area (Å²) in [6.45, 7) is 0.770. The summed E-state index contributed by atoms with van der Waals surface area (Å²) in [4.78, 5) is 24.8. The molecule has 0 saturated carbocycles. The molecule has 0 atom stereocenters. The van der Waals surface area contributed by atoms with Crippen molar-refractivity contribution in [3.05, 3.63) is 118 Å². The molecule has 0 amide bonds. The van der Waals surface area contributed by atoms with Crippen molar-refractivity contribution in [1.82, 2.24) is 9.13 Å². The first kappa shape index (κ1) is 18.9. The van der Waals surface area contributed by atoms with E-state index in [1.54, 1.807) is 27.3 Å². The highest BCUT2D eigenvalue weighted by Gasteiger charge is 2.15. The molecule has 0 radical (unpaired) electrons. The molecule has 5 rings (SSSR count). The third-order valence-corrected chi connectivity index (χ3v) is 5.65. The van der Waals surface area contributed by atoms with Crippen LogP contribution in [0, 0.1) is 0 Å². The molecule has 0 bridgehead atoms. The van der Waals surface area contributed by atoms with E-state index >= 15 is 0 Å². The van der Waals surface area contributed by atoms with Crippen molar-refractivity contribution in [3.8, 4) is 0 Å². The van der Waals surface area contributed by atoms with E-state index in [1.165, 1.54) is 0 Å². The fourth-order valence-electron chi connectivity index (χ4n) is 4.16. The van der Waals surface area contributed by atoms with Gasteiger partial charge >= 0.3 is 11.7 Å². The Balaban J connectivity index is 1.62. The third-order valence-electron chi connectivity index (χ3n) is 5.65. The zero-order valence-electron chi connectivity index (χ0n) is 16.7. The standard InChI is InChI=1S/C26H20N2O3/c29-25(30)20-10-5-7-18(15-20)16-27-23-13-3-4-14-24(23)28(26(27)31)17-21-11-6-9-19-8-1-2-12-22(19)21/h1-15H,16-17H2,(H,29,30). The molecule has 1 aromatic heterocycles. The van der Waals surface area contributed by atoms with Gasteiger partial charge < -0.3 is 5.11 Å². The van der Waals surface area contributed by atoms with Crippen LogP contribution in [-0.4, -0.2) is 20.2 Å². The van der Waals surface area contributed by atoms with E-state index in [-0.39, 0.29) is 11.3 Å². The normalized spacial score (nSPS) is 11.2. The van der Waals surface area contributed by atoms with Crippen molar-refractivity contribution in [1.29, 1.82) is 0 Å². The second-order valence-electron chi connectivity index (χ2n) is 7.59. The second-order valence-corrected chi connectivity index (χ2v) is 7.59. The summed E-state index contributed by atoms with van der Waals surface area (Å²) in [7, 11) is 0. The Morgan fingerprint density at radius 1 is 0.742 bits per heavy atom. The molecular weight excluding hydrogens is 388 g/mol. The lowest BCUT2D eigenvalue weighted by molar-refractivity contribution is 0.0696. The van der Waals surface area contributed by atoms with E-state index in [9.17, 15) is 14.7 Å². The highest BCUT2D eigenvalue weighted by atomic mass is 16.4. The maximum atomic E-state index is 13.5. The number of benzene rings is 4. The molecule has 0 fully saturated rings. The quantitative estimate of drug-likeness (QED) is 0.456. The van der Waals surface area contributed by atoms with Gasteiger partial charge in [0.15, 0.2) is 0 Å². The number of para-hydroxylation sites is 2. The minimum atomic E-state index is -0.979. The number of rotatable bonds is 5. The molecule has 31 heavy (non-hydrogen) atoms. The predicted octanol–water partition coefficient (Wildman–Crippen LogP) is 4.75. The van der Waals surface area contributed by atoms with Crippen LogP contribution in [-0.2, 0) is 13.1 Å². The van der Waals surface area contributed by atoms with Gasteiger partial charge in [-0.15, -0.1) is 0 Å². The van der Waals surface area contributed by atoms with Crippen LogP contribution in [0.15, 0.2) is 95.8 Å². The molecule has 0 saturated heterocycles. The molecule has 0 aliphatic heterocycles. The molecule has 5 nitrogen and oxygen atoms in total. The van der Waals surface area contributed by atoms with Crippen LogP contribution in [0.4, 0.5) is 0 Å². The van der Waals surface area contributed by atoms with Crippen LogP contribution in [0.25, 0.3) is 21.8 Å². The number of hydrogen-bond acceptors (Lipinski definition) is 2. The molecule has 0 unspecified atom stereocenters. The smallest absolute Gasteiger partial charge is 0.335 e. The maximum Gasteiger partial charge on any atom is 0.335 e. The molecule has 1 heterocycles. The summed E-state index contributed by atoms with van der Waals surface area (Å²) in [6.07, 6.45) is 0. The van der Waals surface area contributed by atoms with E-state index in [2.05, 4.69) is 24.3 Å². The van der Waals surface area contributed by atoms with E-state index < -0.39 is 5.97 Å². The Morgan fingerprint density at radius 3 is 2.16 bits per heavy atom. The molecule has 0 aliphatic rings. The number of carboxylic acid groups (broad SMARTS) is 1. The SMILES string of the molecule is O=C(O)c1cccc(Cn2c(=O)n(Cc3cccc4ccccc34)c3ccccc32)c1. The van der Waals surface area contributed by atoms with Crippen molar-refractivity contribution in [2.24, 2.45) is 0 Å². The summed E-state index contributed by atoms with van der Waals surface area (Å²) in [5.41, 5.74) is 3.63. The summed E-state index contributed by atoms with van der Waals surface area (Å²) in [6, 6.07) is 28.7. The number of aromatic nitrogens is 2. The van der Waals surface area contributed by atoms with Crippen molar-refractivity contribution >= 4 is 27.8 Å². The predicted molar refractivity (Wildman–Crippen MR) is 122 cm³/mol. The van der Waals surface area contributed by atoms with Crippen molar-refractivity contribution < 1.29 is 9.90 Å². The lowest BCUT2D eigenvalue weighted by Crippen LogP contribution is -2.25. The van der Waals surface area contributed by atoms with Crippen LogP contribution in [0.1, 0.15) is 21.5 Å². The highest BCUT2D eigenvalue weighted by molar-refractivity contribution is 5.88. The lowest BCUT2D eigenvalue weighted by Gasteiger charge is -2.08. The maximum absolute atomic E-state index is 13.5. The molecule has 0 spiro atoms. The van der Waals surface area contributed by atoms with E-state index in [1.807, 2.05) is 48.5 Å². The van der Waals surface area contributed by atoms with Crippen LogP contribution in [0.5, 0.6) is 0 Å². The van der Waals surface area contributed by atoms with Crippen LogP contribution >= 0.6 is 0 Å². The third kappa shape index (κ3) is 3.40. The first-order valence-corrected chi connectivity index (χ1v) is 10.1. The largest absolute Gasteiger partial charge is 0.478 e. The van der Waals surface area contributed by atoms with Crippen LogP contribution < -0.4 is 5.69 Å². The minimum absolute atomic E-state index is 0.116. The zero-order chi connectivity index (χ0) is 21.4. The number of aromatic carboxylic acids is 1. The van der Waals surface area contributed by atoms with Crippen molar-refractivity contribution in [2.75, 3.05) is 0 Å². The van der Waals surface area contributed by atoms with Gasteiger partial charge in [-0.1, -0.05) is 66.7 Å². The monoisotopic (exact) mass is 408 g/mol. The number of nitrogens with zero attached hydrogens (tertiary/aromatic N) is 2. The average molecular weight is 408 g/mol. The highest BCUT2D eigenvalue weighted by Crippen LogP contribution is 2.22. The van der Waals surface area contributed by atoms with Gasteiger partial charge in [-0.25, -0.2) is 9.59 Å². The molecule has 0 aliphatic carbocycles. The minimum Gasteiger partial charge on any atom is -0.478 e. The summed E-state index contributed by atoms with van der Waals surface area (Å²) >= 11 is 0. The number of carboxylic acids is 1. The van der Waals surface area contributed by atoms with Gasteiger partial charge in [0.05, 0.1) is 29.7 Å². The summed E-state index contributed by atoms with van der Waals surface area (Å²) in [5.74, 6) is -0.979. The summed E-state index contributed by atoms with van der Waals surface area (Å²) < 4.78 is 3.50. The average Bonchev–Trinajstić information content (AvgIpc) is 3.05.